The van der Waals surface area contributed by atoms with Crippen LogP contribution in [0, 0.1) is 0 Å². The van der Waals surface area contributed by atoms with Crippen molar-refractivity contribution in [1.29, 1.82) is 0 Å². The Morgan fingerprint density at radius 2 is 1.46 bits per heavy atom. The summed E-state index contributed by atoms with van der Waals surface area (Å²) in [6.07, 6.45) is 0. The summed E-state index contributed by atoms with van der Waals surface area (Å²) in [6, 6.07) is 21.2. The number of anilines is 3. The summed E-state index contributed by atoms with van der Waals surface area (Å²) in [5.41, 5.74) is 1.25. The number of nitrogens with zero attached hydrogens (tertiary/aromatic N) is 1. The van der Waals surface area contributed by atoms with Gasteiger partial charge in [-0.15, -0.1) is 0 Å². The summed E-state index contributed by atoms with van der Waals surface area (Å²) in [5, 5.41) is 12.8. The van der Waals surface area contributed by atoms with E-state index in [4.69, 9.17) is 5.14 Å². The Labute approximate surface area is 203 Å². The lowest BCUT2D eigenvalue weighted by molar-refractivity contribution is -0.122. The summed E-state index contributed by atoms with van der Waals surface area (Å²) in [6.45, 7) is 1.17. The summed E-state index contributed by atoms with van der Waals surface area (Å²) < 4.78 is 23.0. The van der Waals surface area contributed by atoms with Crippen LogP contribution in [-0.2, 0) is 19.6 Å². The van der Waals surface area contributed by atoms with Gasteiger partial charge in [0, 0.05) is 17.1 Å². The molecule has 0 heterocycles. The van der Waals surface area contributed by atoms with E-state index in [9.17, 15) is 22.8 Å². The number of hydrogen-bond acceptors (Lipinski definition) is 5. The predicted molar refractivity (Wildman–Crippen MR) is 133 cm³/mol. The lowest BCUT2D eigenvalue weighted by atomic mass is 10.2. The fraction of sp³-hybridized carbons (Fsp3) is 0.125. The van der Waals surface area contributed by atoms with Crippen molar-refractivity contribution in [2.45, 2.75) is 17.9 Å². The zero-order valence-corrected chi connectivity index (χ0v) is 19.7. The number of carbonyl (C=O) groups is 3. The Morgan fingerprint density at radius 1 is 0.857 bits per heavy atom. The summed E-state index contributed by atoms with van der Waals surface area (Å²) in [4.78, 5) is 39.4. The van der Waals surface area contributed by atoms with Gasteiger partial charge in [0.1, 0.15) is 6.04 Å². The number of nitrogens with two attached hydrogens (primary N) is 1. The molecule has 182 valence electrons. The van der Waals surface area contributed by atoms with Gasteiger partial charge in [0.25, 0.3) is 0 Å². The maximum atomic E-state index is 13.1. The van der Waals surface area contributed by atoms with Crippen molar-refractivity contribution in [3.63, 3.8) is 0 Å². The van der Waals surface area contributed by atoms with Crippen molar-refractivity contribution in [2.75, 3.05) is 22.1 Å². The van der Waals surface area contributed by atoms with Crippen molar-refractivity contribution < 1.29 is 22.8 Å². The minimum absolute atomic E-state index is 0.167. The van der Waals surface area contributed by atoms with Crippen LogP contribution in [0.25, 0.3) is 0 Å². The molecule has 0 aliphatic heterocycles. The van der Waals surface area contributed by atoms with Gasteiger partial charge in [0.2, 0.25) is 21.8 Å². The molecule has 0 fully saturated rings. The highest BCUT2D eigenvalue weighted by Gasteiger charge is 2.27. The van der Waals surface area contributed by atoms with Crippen LogP contribution in [-0.4, -0.2) is 38.8 Å². The molecule has 1 unspecified atom stereocenters. The molecule has 1 atom stereocenters. The van der Waals surface area contributed by atoms with Crippen LogP contribution in [0.5, 0.6) is 0 Å². The molecule has 0 radical (unpaired) electrons. The first-order valence-corrected chi connectivity index (χ1v) is 12.1. The Morgan fingerprint density at radius 3 is 2.09 bits per heavy atom. The van der Waals surface area contributed by atoms with Crippen molar-refractivity contribution in [2.24, 2.45) is 5.14 Å². The minimum atomic E-state index is -3.94. The molecular weight excluding hydrogens is 470 g/mol. The lowest BCUT2D eigenvalue weighted by Gasteiger charge is -2.28. The number of urea groups is 1. The van der Waals surface area contributed by atoms with E-state index < -0.39 is 40.5 Å². The van der Waals surface area contributed by atoms with Crippen LogP contribution in [0.2, 0.25) is 0 Å². The van der Waals surface area contributed by atoms with Crippen LogP contribution >= 0.6 is 0 Å². The normalized spacial score (nSPS) is 11.7. The van der Waals surface area contributed by atoms with E-state index in [1.165, 1.54) is 29.2 Å². The van der Waals surface area contributed by atoms with Gasteiger partial charge in [0.05, 0.1) is 11.4 Å². The SMILES string of the molecule is CC(C(=O)Nc1ccccc1)N(C(=O)CNC(=O)Nc1cccc(S(N)(=O)=O)c1)c1ccccc1. The molecule has 0 spiro atoms. The number of para-hydroxylation sites is 2. The summed E-state index contributed by atoms with van der Waals surface area (Å²) in [7, 11) is -3.94. The molecule has 5 N–H and O–H groups in total. The first-order chi connectivity index (χ1) is 16.6. The first-order valence-electron chi connectivity index (χ1n) is 10.6. The molecule has 0 aliphatic carbocycles. The highest BCUT2D eigenvalue weighted by molar-refractivity contribution is 7.89. The Hall–Kier alpha value is -4.22. The standard InChI is InChI=1S/C24H25N5O5S/c1-17(23(31)27-18-9-4-2-5-10-18)29(20-12-6-3-7-13-20)22(30)16-26-24(32)28-19-11-8-14-21(15-19)35(25,33)34/h2-15,17H,16H2,1H3,(H,27,31)(H2,25,33,34)(H2,26,28,32). The van der Waals surface area contributed by atoms with Crippen molar-refractivity contribution in [3.05, 3.63) is 84.9 Å². The molecule has 4 amide bonds. The van der Waals surface area contributed by atoms with E-state index in [0.29, 0.717) is 11.4 Å². The molecule has 3 aromatic rings. The van der Waals surface area contributed by atoms with Crippen molar-refractivity contribution in [3.8, 4) is 0 Å². The predicted octanol–water partition coefficient (Wildman–Crippen LogP) is 2.52. The van der Waals surface area contributed by atoms with E-state index in [1.54, 1.807) is 61.5 Å². The third-order valence-corrected chi connectivity index (χ3v) is 5.84. The molecule has 0 aliphatic rings. The average Bonchev–Trinajstić information content (AvgIpc) is 2.84. The summed E-state index contributed by atoms with van der Waals surface area (Å²) in [5.74, 6) is -0.932. The van der Waals surface area contributed by atoms with E-state index in [0.717, 1.165) is 0 Å². The fourth-order valence-corrected chi connectivity index (χ4v) is 3.78. The van der Waals surface area contributed by atoms with Gasteiger partial charge in [0.15, 0.2) is 0 Å². The van der Waals surface area contributed by atoms with Crippen LogP contribution in [0.3, 0.4) is 0 Å². The van der Waals surface area contributed by atoms with Crippen LogP contribution < -0.4 is 26.0 Å². The quantitative estimate of drug-likeness (QED) is 0.379. The Kier molecular flexibility index (Phi) is 8.18. The molecule has 10 nitrogen and oxygen atoms in total. The maximum absolute atomic E-state index is 13.1. The van der Waals surface area contributed by atoms with Crippen molar-refractivity contribution in [1.82, 2.24) is 5.32 Å². The zero-order valence-electron chi connectivity index (χ0n) is 18.8. The molecule has 35 heavy (non-hydrogen) atoms. The largest absolute Gasteiger partial charge is 0.329 e. The third-order valence-electron chi connectivity index (χ3n) is 4.93. The number of primary sulfonamides is 1. The number of nitrogens with one attached hydrogen (secondary N) is 3. The molecule has 3 aromatic carbocycles. The number of rotatable bonds is 8. The first kappa shape index (κ1) is 25.4. The molecule has 11 heteroatoms. The van der Waals surface area contributed by atoms with Crippen LogP contribution in [0.15, 0.2) is 89.8 Å². The Balaban J connectivity index is 1.69. The van der Waals surface area contributed by atoms with E-state index in [1.807, 2.05) is 6.07 Å². The molecule has 0 saturated carbocycles. The molecule has 0 aromatic heterocycles. The topological polar surface area (TPSA) is 151 Å². The number of carbonyl (C=O) groups excluding carboxylic acids is 3. The van der Waals surface area contributed by atoms with Gasteiger partial charge in [-0.3, -0.25) is 14.5 Å². The number of hydrogen-bond donors (Lipinski definition) is 4. The molecule has 3 rings (SSSR count). The molecular formula is C24H25N5O5S. The van der Waals surface area contributed by atoms with Crippen molar-refractivity contribution >= 4 is 44.9 Å². The van der Waals surface area contributed by atoms with Gasteiger partial charge in [-0.25, -0.2) is 18.4 Å². The van der Waals surface area contributed by atoms with Gasteiger partial charge < -0.3 is 16.0 Å². The fourth-order valence-electron chi connectivity index (χ4n) is 3.22. The number of sulfonamides is 1. The second kappa shape index (κ2) is 11.3. The lowest BCUT2D eigenvalue weighted by Crippen LogP contribution is -2.50. The average molecular weight is 496 g/mol. The second-order valence-corrected chi connectivity index (χ2v) is 9.07. The van der Waals surface area contributed by atoms with Gasteiger partial charge in [-0.1, -0.05) is 42.5 Å². The van der Waals surface area contributed by atoms with E-state index in [-0.39, 0.29) is 10.6 Å². The van der Waals surface area contributed by atoms with Gasteiger partial charge in [-0.05, 0) is 49.4 Å². The smallest absolute Gasteiger partial charge is 0.319 e. The molecule has 0 bridgehead atoms. The zero-order chi connectivity index (χ0) is 25.4. The highest BCUT2D eigenvalue weighted by Crippen LogP contribution is 2.18. The summed E-state index contributed by atoms with van der Waals surface area (Å²) >= 11 is 0. The highest BCUT2D eigenvalue weighted by atomic mass is 32.2. The van der Waals surface area contributed by atoms with Crippen LogP contribution in [0.4, 0.5) is 21.9 Å². The van der Waals surface area contributed by atoms with E-state index in [2.05, 4.69) is 16.0 Å². The molecule has 0 saturated heterocycles. The second-order valence-electron chi connectivity index (χ2n) is 7.51. The monoisotopic (exact) mass is 495 g/mol. The Bertz CT molecular complexity index is 1300. The number of amides is 4. The minimum Gasteiger partial charge on any atom is -0.329 e. The number of benzene rings is 3. The van der Waals surface area contributed by atoms with Gasteiger partial charge in [-0.2, -0.15) is 0 Å². The maximum Gasteiger partial charge on any atom is 0.319 e. The van der Waals surface area contributed by atoms with E-state index >= 15 is 0 Å². The van der Waals surface area contributed by atoms with Gasteiger partial charge >= 0.3 is 6.03 Å². The third kappa shape index (κ3) is 7.13. The van der Waals surface area contributed by atoms with Crippen LogP contribution in [0.1, 0.15) is 6.92 Å².